The van der Waals surface area contributed by atoms with E-state index in [2.05, 4.69) is 0 Å². The molecule has 0 heterocycles. The summed E-state index contributed by atoms with van der Waals surface area (Å²) in [5.41, 5.74) is -0.00324. The number of hydrogen-bond donors (Lipinski definition) is 2. The van der Waals surface area contributed by atoms with Crippen molar-refractivity contribution in [3.63, 3.8) is 0 Å². The van der Waals surface area contributed by atoms with Crippen molar-refractivity contribution in [2.75, 3.05) is 14.2 Å². The minimum absolute atomic E-state index is 0. The van der Waals surface area contributed by atoms with E-state index in [-0.39, 0.29) is 39.9 Å². The van der Waals surface area contributed by atoms with Crippen LogP contribution >= 0.6 is 0 Å². The number of rotatable bonds is 3. The van der Waals surface area contributed by atoms with E-state index in [1.54, 1.807) is 0 Å². The zero-order valence-corrected chi connectivity index (χ0v) is 9.02. The maximum Gasteiger partial charge on any atom is 0.335 e. The van der Waals surface area contributed by atoms with E-state index in [0.29, 0.717) is 0 Å². The fourth-order valence-corrected chi connectivity index (χ4v) is 1.02. The van der Waals surface area contributed by atoms with Gasteiger partial charge in [-0.15, -0.1) is 0 Å². The van der Waals surface area contributed by atoms with Gasteiger partial charge in [-0.3, -0.25) is 0 Å². The zero-order valence-electron chi connectivity index (χ0n) is 8.08. The average Bonchev–Trinajstić information content (AvgIpc) is 2.17. The van der Waals surface area contributed by atoms with Crippen molar-refractivity contribution in [3.8, 4) is 17.2 Å². The first kappa shape index (κ1) is 13.6. The van der Waals surface area contributed by atoms with Crippen LogP contribution < -0.4 is 9.47 Å². The molecule has 0 aliphatic heterocycles. The van der Waals surface area contributed by atoms with Crippen LogP contribution in [0.4, 0.5) is 0 Å². The number of benzene rings is 1. The quantitative estimate of drug-likeness (QED) is 0.797. The van der Waals surface area contributed by atoms with E-state index < -0.39 is 5.97 Å². The van der Waals surface area contributed by atoms with Gasteiger partial charge in [-0.2, -0.15) is 0 Å². The summed E-state index contributed by atoms with van der Waals surface area (Å²) in [7, 11) is 2.67. The summed E-state index contributed by atoms with van der Waals surface area (Å²) in [5, 5.41) is 18.2. The Morgan fingerprint density at radius 2 is 1.60 bits per heavy atom. The van der Waals surface area contributed by atoms with Crippen LogP contribution in [0.25, 0.3) is 0 Å². The van der Waals surface area contributed by atoms with Gasteiger partial charge in [-0.25, -0.2) is 4.79 Å². The number of phenolic OH excluding ortho intramolecular Hbond substituents is 1. The number of hydrogen-bond acceptors (Lipinski definition) is 4. The van der Waals surface area contributed by atoms with Gasteiger partial charge in [0.15, 0.2) is 11.5 Å². The monoisotopic (exact) mass is 261 g/mol. The number of carbonyl (C=O) groups is 1. The van der Waals surface area contributed by atoms with Gasteiger partial charge < -0.3 is 19.7 Å². The first-order valence-electron chi connectivity index (χ1n) is 3.78. The molecule has 0 aliphatic carbocycles. The summed E-state index contributed by atoms with van der Waals surface area (Å²) in [6.07, 6.45) is 0. The largest absolute Gasteiger partial charge is 0.502 e. The molecule has 2 N–H and O–H groups in total. The minimum atomic E-state index is -1.11. The van der Waals surface area contributed by atoms with Crippen LogP contribution in [0.1, 0.15) is 10.4 Å². The fourth-order valence-electron chi connectivity index (χ4n) is 1.02. The summed E-state index contributed by atoms with van der Waals surface area (Å²) >= 11 is 0. The minimum Gasteiger partial charge on any atom is -0.502 e. The van der Waals surface area contributed by atoms with Crippen LogP contribution in [-0.2, 0) is 17.1 Å². The molecule has 0 atom stereocenters. The maximum absolute atomic E-state index is 10.7. The predicted octanol–water partition coefficient (Wildman–Crippen LogP) is 1.11. The molecule has 87 valence electrons. The van der Waals surface area contributed by atoms with Gasteiger partial charge in [-0.1, -0.05) is 0 Å². The number of aromatic hydroxyl groups is 1. The van der Waals surface area contributed by atoms with Crippen molar-refractivity contribution in [2.45, 2.75) is 0 Å². The Morgan fingerprint density at radius 1 is 1.20 bits per heavy atom. The van der Waals surface area contributed by atoms with Gasteiger partial charge in [0.05, 0.1) is 19.8 Å². The SMILES string of the molecule is COc1cc(C(=O)O)cc(OC)c1O.[Cu]. The second-order valence-corrected chi connectivity index (χ2v) is 2.53. The average molecular weight is 262 g/mol. The standard InChI is InChI=1S/C9H10O5.Cu/c1-13-6-3-5(9(11)12)4-7(14-2)8(6)10;/h3-4,10H,1-2H3,(H,11,12);. The molecule has 6 heteroatoms. The summed E-state index contributed by atoms with van der Waals surface area (Å²) in [5.74, 6) is -1.18. The molecule has 0 aromatic heterocycles. The number of carboxylic acid groups (broad SMARTS) is 1. The van der Waals surface area contributed by atoms with Gasteiger partial charge in [0, 0.05) is 17.1 Å². The zero-order chi connectivity index (χ0) is 10.7. The van der Waals surface area contributed by atoms with E-state index in [4.69, 9.17) is 14.6 Å². The Morgan fingerprint density at radius 3 is 1.87 bits per heavy atom. The maximum atomic E-state index is 10.7. The van der Waals surface area contributed by atoms with E-state index in [9.17, 15) is 9.90 Å². The topological polar surface area (TPSA) is 76.0 Å². The van der Waals surface area contributed by atoms with Crippen molar-refractivity contribution in [1.29, 1.82) is 0 Å². The molecule has 0 fully saturated rings. The third kappa shape index (κ3) is 2.78. The number of phenols is 1. The normalized spacial score (nSPS) is 8.93. The number of aromatic carboxylic acids is 1. The number of ether oxygens (including phenoxy) is 2. The third-order valence-electron chi connectivity index (χ3n) is 1.73. The first-order valence-corrected chi connectivity index (χ1v) is 3.78. The summed E-state index contributed by atoms with van der Waals surface area (Å²) in [6, 6.07) is 2.44. The Kier molecular flexibility index (Phi) is 4.97. The molecule has 0 saturated heterocycles. The molecule has 1 rings (SSSR count). The first-order chi connectivity index (χ1) is 6.60. The van der Waals surface area contributed by atoms with Gasteiger partial charge in [-0.05, 0) is 12.1 Å². The summed E-state index contributed by atoms with van der Waals surface area (Å²) in [6.45, 7) is 0. The number of methoxy groups -OCH3 is 2. The Bertz CT molecular complexity index is 339. The van der Waals surface area contributed by atoms with Gasteiger partial charge in [0.2, 0.25) is 5.75 Å². The van der Waals surface area contributed by atoms with Crippen molar-refractivity contribution >= 4 is 5.97 Å². The molecule has 15 heavy (non-hydrogen) atoms. The van der Waals surface area contributed by atoms with Crippen LogP contribution in [-0.4, -0.2) is 30.4 Å². The smallest absolute Gasteiger partial charge is 0.335 e. The van der Waals surface area contributed by atoms with E-state index >= 15 is 0 Å². The summed E-state index contributed by atoms with van der Waals surface area (Å²) in [4.78, 5) is 10.7. The molecule has 1 radical (unpaired) electrons. The molecule has 1 aromatic carbocycles. The molecule has 1 aromatic rings. The van der Waals surface area contributed by atoms with Crippen LogP contribution in [0.3, 0.4) is 0 Å². The third-order valence-corrected chi connectivity index (χ3v) is 1.73. The van der Waals surface area contributed by atoms with Crippen molar-refractivity contribution in [3.05, 3.63) is 17.7 Å². The van der Waals surface area contributed by atoms with Crippen molar-refractivity contribution in [2.24, 2.45) is 0 Å². The molecule has 0 unspecified atom stereocenters. The summed E-state index contributed by atoms with van der Waals surface area (Å²) < 4.78 is 9.57. The molecule has 0 aliphatic rings. The molecule has 0 amide bonds. The Balaban J connectivity index is 0.00000196. The molecule has 0 bridgehead atoms. The van der Waals surface area contributed by atoms with Gasteiger partial charge in [0.1, 0.15) is 0 Å². The van der Waals surface area contributed by atoms with E-state index in [1.807, 2.05) is 0 Å². The fraction of sp³-hybridized carbons (Fsp3) is 0.222. The van der Waals surface area contributed by atoms with Crippen molar-refractivity contribution < 1.29 is 41.5 Å². The Hall–Kier alpha value is -1.39. The molecule has 5 nitrogen and oxygen atoms in total. The van der Waals surface area contributed by atoms with Crippen LogP contribution in [0.2, 0.25) is 0 Å². The molecular weight excluding hydrogens is 252 g/mol. The second kappa shape index (κ2) is 5.48. The van der Waals surface area contributed by atoms with Crippen molar-refractivity contribution in [1.82, 2.24) is 0 Å². The molecule has 0 spiro atoms. The second-order valence-electron chi connectivity index (χ2n) is 2.53. The predicted molar refractivity (Wildman–Crippen MR) is 48.2 cm³/mol. The van der Waals surface area contributed by atoms with E-state index in [1.165, 1.54) is 26.4 Å². The van der Waals surface area contributed by atoms with Crippen LogP contribution in [0.5, 0.6) is 17.2 Å². The van der Waals surface area contributed by atoms with Gasteiger partial charge in [0.25, 0.3) is 0 Å². The van der Waals surface area contributed by atoms with Gasteiger partial charge >= 0.3 is 5.97 Å². The molecule has 0 saturated carbocycles. The van der Waals surface area contributed by atoms with Crippen LogP contribution in [0, 0.1) is 0 Å². The van der Waals surface area contributed by atoms with E-state index in [0.717, 1.165) is 0 Å². The molecular formula is C9H10CuO5. The van der Waals surface area contributed by atoms with Crippen LogP contribution in [0.15, 0.2) is 12.1 Å². The Labute approximate surface area is 97.1 Å². The number of carboxylic acids is 1.